The molecule has 0 unspecified atom stereocenters. The summed E-state index contributed by atoms with van der Waals surface area (Å²) >= 11 is 5.16. The SMILES string of the molecule is CC(C)N=c1scc(-c2cccc(Br)c2)n1N=Cc1c[nH]c2ccccc12. The lowest BCUT2D eigenvalue weighted by atomic mass is 10.2. The summed E-state index contributed by atoms with van der Waals surface area (Å²) in [5.74, 6) is 0. The first-order valence-electron chi connectivity index (χ1n) is 8.72. The van der Waals surface area contributed by atoms with Crippen LogP contribution in [0.15, 0.2) is 74.7 Å². The summed E-state index contributed by atoms with van der Waals surface area (Å²) in [6.45, 7) is 4.15. The first kappa shape index (κ1) is 17.9. The van der Waals surface area contributed by atoms with Crippen molar-refractivity contribution in [3.8, 4) is 11.3 Å². The van der Waals surface area contributed by atoms with E-state index >= 15 is 0 Å². The van der Waals surface area contributed by atoms with E-state index < -0.39 is 0 Å². The second-order valence-electron chi connectivity index (χ2n) is 6.48. The van der Waals surface area contributed by atoms with E-state index in [2.05, 4.69) is 64.4 Å². The van der Waals surface area contributed by atoms with Crippen molar-refractivity contribution >= 4 is 44.4 Å². The molecule has 0 aliphatic rings. The molecule has 0 spiro atoms. The van der Waals surface area contributed by atoms with Crippen LogP contribution in [0.5, 0.6) is 0 Å². The molecule has 6 heteroatoms. The lowest BCUT2D eigenvalue weighted by Gasteiger charge is -2.04. The van der Waals surface area contributed by atoms with Crippen LogP contribution in [-0.2, 0) is 0 Å². The highest BCUT2D eigenvalue weighted by Gasteiger charge is 2.09. The topological polar surface area (TPSA) is 45.4 Å². The van der Waals surface area contributed by atoms with Crippen LogP contribution < -0.4 is 4.80 Å². The van der Waals surface area contributed by atoms with Crippen LogP contribution in [0.3, 0.4) is 0 Å². The van der Waals surface area contributed by atoms with Crippen molar-refractivity contribution in [1.82, 2.24) is 9.66 Å². The maximum Gasteiger partial charge on any atom is 0.206 e. The molecule has 2 heterocycles. The number of nitrogens with zero attached hydrogens (tertiary/aromatic N) is 3. The summed E-state index contributed by atoms with van der Waals surface area (Å²) in [4.78, 5) is 8.92. The number of rotatable bonds is 4. The van der Waals surface area contributed by atoms with Crippen molar-refractivity contribution in [2.24, 2.45) is 10.1 Å². The summed E-state index contributed by atoms with van der Waals surface area (Å²) in [5, 5.41) is 8.05. The molecule has 4 nitrogen and oxygen atoms in total. The van der Waals surface area contributed by atoms with E-state index in [4.69, 9.17) is 10.1 Å². The number of fused-ring (bicyclic) bond motifs is 1. The molecule has 0 saturated heterocycles. The van der Waals surface area contributed by atoms with Gasteiger partial charge in [-0.2, -0.15) is 5.10 Å². The Morgan fingerprint density at radius 2 is 2.00 bits per heavy atom. The van der Waals surface area contributed by atoms with Crippen LogP contribution in [0.25, 0.3) is 22.2 Å². The van der Waals surface area contributed by atoms with Crippen molar-refractivity contribution in [3.63, 3.8) is 0 Å². The molecular weight excluding hydrogens is 420 g/mol. The number of hydrogen-bond donors (Lipinski definition) is 1. The van der Waals surface area contributed by atoms with E-state index in [1.807, 2.05) is 41.4 Å². The molecule has 0 amide bonds. The quantitative estimate of drug-likeness (QED) is 0.400. The molecular formula is C21H19BrN4S. The smallest absolute Gasteiger partial charge is 0.206 e. The number of benzene rings is 2. The molecule has 4 aromatic rings. The van der Waals surface area contributed by atoms with Crippen LogP contribution in [0.4, 0.5) is 0 Å². The van der Waals surface area contributed by atoms with Crippen molar-refractivity contribution in [3.05, 3.63) is 74.9 Å². The minimum atomic E-state index is 0.202. The fourth-order valence-corrected chi connectivity index (χ4v) is 4.26. The van der Waals surface area contributed by atoms with E-state index in [1.165, 1.54) is 0 Å². The molecule has 1 N–H and O–H groups in total. The van der Waals surface area contributed by atoms with Gasteiger partial charge in [0.15, 0.2) is 0 Å². The minimum Gasteiger partial charge on any atom is -0.361 e. The Morgan fingerprint density at radius 3 is 2.81 bits per heavy atom. The van der Waals surface area contributed by atoms with Crippen LogP contribution in [0.1, 0.15) is 19.4 Å². The molecule has 0 saturated carbocycles. The van der Waals surface area contributed by atoms with E-state index in [0.717, 1.165) is 37.0 Å². The Balaban J connectivity index is 1.84. The second-order valence-corrected chi connectivity index (χ2v) is 8.23. The van der Waals surface area contributed by atoms with Gasteiger partial charge in [0.1, 0.15) is 0 Å². The van der Waals surface area contributed by atoms with Gasteiger partial charge < -0.3 is 4.98 Å². The number of nitrogens with one attached hydrogen (secondary N) is 1. The minimum absolute atomic E-state index is 0.202. The summed E-state index contributed by atoms with van der Waals surface area (Å²) in [6, 6.07) is 16.7. The number of H-pyrrole nitrogens is 1. The Morgan fingerprint density at radius 1 is 1.15 bits per heavy atom. The van der Waals surface area contributed by atoms with Gasteiger partial charge in [-0.3, -0.25) is 4.99 Å². The van der Waals surface area contributed by atoms with E-state index in [9.17, 15) is 0 Å². The number of aromatic nitrogens is 2. The normalized spacial score (nSPS) is 12.7. The molecule has 2 aromatic heterocycles. The number of aromatic amines is 1. The highest BCUT2D eigenvalue weighted by Crippen LogP contribution is 2.24. The van der Waals surface area contributed by atoms with E-state index in [-0.39, 0.29) is 6.04 Å². The van der Waals surface area contributed by atoms with Gasteiger partial charge in [0, 0.05) is 44.1 Å². The largest absolute Gasteiger partial charge is 0.361 e. The molecule has 0 atom stereocenters. The van der Waals surface area contributed by atoms with Crippen molar-refractivity contribution < 1.29 is 0 Å². The molecule has 0 aliphatic carbocycles. The molecule has 0 fully saturated rings. The average Bonchev–Trinajstić information content (AvgIpc) is 3.23. The van der Waals surface area contributed by atoms with E-state index in [1.54, 1.807) is 11.3 Å². The highest BCUT2D eigenvalue weighted by molar-refractivity contribution is 9.10. The Hall–Kier alpha value is -2.44. The third-order valence-corrected chi connectivity index (χ3v) is 5.43. The standard InChI is InChI=1S/C21H19BrN4S/c1-14(2)25-21-26(20(13-27-21)15-6-5-7-17(22)10-15)24-12-16-11-23-19-9-4-3-8-18(16)19/h3-14,23H,1-2H3. The van der Waals surface area contributed by atoms with Gasteiger partial charge in [-0.1, -0.05) is 46.3 Å². The number of halogens is 1. The van der Waals surface area contributed by atoms with E-state index in [0.29, 0.717) is 0 Å². The highest BCUT2D eigenvalue weighted by atomic mass is 79.9. The number of hydrogen-bond acceptors (Lipinski definition) is 3. The predicted octanol–water partition coefficient (Wildman–Crippen LogP) is 5.65. The third kappa shape index (κ3) is 3.82. The Kier molecular flexibility index (Phi) is 5.09. The van der Waals surface area contributed by atoms with Crippen molar-refractivity contribution in [1.29, 1.82) is 0 Å². The molecule has 0 aliphatic heterocycles. The van der Waals surface area contributed by atoms with Crippen LogP contribution >= 0.6 is 27.3 Å². The monoisotopic (exact) mass is 438 g/mol. The lowest BCUT2D eigenvalue weighted by molar-refractivity contribution is 0.755. The van der Waals surface area contributed by atoms with Crippen LogP contribution in [0.2, 0.25) is 0 Å². The Bertz CT molecular complexity index is 1180. The molecule has 136 valence electrons. The summed E-state index contributed by atoms with van der Waals surface area (Å²) < 4.78 is 2.97. The van der Waals surface area contributed by atoms with Gasteiger partial charge in [-0.15, -0.1) is 11.3 Å². The fraction of sp³-hybridized carbons (Fsp3) is 0.143. The molecule has 0 radical (unpaired) electrons. The third-order valence-electron chi connectivity index (χ3n) is 4.11. The van der Waals surface area contributed by atoms with Gasteiger partial charge in [-0.05, 0) is 32.0 Å². The maximum atomic E-state index is 4.79. The predicted molar refractivity (Wildman–Crippen MR) is 117 cm³/mol. The summed E-state index contributed by atoms with van der Waals surface area (Å²) in [6.07, 6.45) is 3.88. The fourth-order valence-electron chi connectivity index (χ4n) is 2.89. The van der Waals surface area contributed by atoms with Crippen LogP contribution in [-0.4, -0.2) is 21.9 Å². The van der Waals surface area contributed by atoms with Gasteiger partial charge in [-0.25, -0.2) is 4.68 Å². The zero-order valence-electron chi connectivity index (χ0n) is 15.1. The number of thiazole rings is 1. The zero-order valence-corrected chi connectivity index (χ0v) is 17.5. The summed E-state index contributed by atoms with van der Waals surface area (Å²) in [7, 11) is 0. The lowest BCUT2D eigenvalue weighted by Crippen LogP contribution is -2.14. The molecule has 4 rings (SSSR count). The van der Waals surface area contributed by atoms with Crippen molar-refractivity contribution in [2.75, 3.05) is 0 Å². The van der Waals surface area contributed by atoms with Gasteiger partial charge in [0.25, 0.3) is 0 Å². The van der Waals surface area contributed by atoms with Crippen molar-refractivity contribution in [2.45, 2.75) is 19.9 Å². The number of para-hydroxylation sites is 1. The second kappa shape index (κ2) is 7.66. The van der Waals surface area contributed by atoms with Crippen LogP contribution in [0, 0.1) is 0 Å². The zero-order chi connectivity index (χ0) is 18.8. The van der Waals surface area contributed by atoms with Gasteiger partial charge in [0.05, 0.1) is 11.9 Å². The first-order chi connectivity index (χ1) is 13.1. The Labute approximate surface area is 170 Å². The summed E-state index contributed by atoms with van der Waals surface area (Å²) in [5.41, 5.74) is 4.28. The first-order valence-corrected chi connectivity index (χ1v) is 10.4. The average molecular weight is 439 g/mol. The van der Waals surface area contributed by atoms with Gasteiger partial charge >= 0.3 is 0 Å². The molecule has 0 bridgehead atoms. The maximum absolute atomic E-state index is 4.79. The molecule has 27 heavy (non-hydrogen) atoms. The van der Waals surface area contributed by atoms with Gasteiger partial charge in [0.2, 0.25) is 4.80 Å². The molecule has 2 aromatic carbocycles.